The first kappa shape index (κ1) is 2.96. The highest BCUT2D eigenvalue weighted by molar-refractivity contribution is 5.23. The van der Waals surface area contributed by atoms with Crippen molar-refractivity contribution < 1.29 is 19.2 Å². The molecule has 0 bridgehead atoms. The van der Waals surface area contributed by atoms with Crippen LogP contribution in [0.3, 0.4) is 0 Å². The average Bonchev–Trinajstić information content (AvgIpc) is 2.51. The van der Waals surface area contributed by atoms with Gasteiger partial charge in [0, 0.05) is 23.9 Å². The van der Waals surface area contributed by atoms with Crippen LogP contribution < -0.4 is 0 Å². The van der Waals surface area contributed by atoms with E-state index in [0.29, 0.717) is 6.08 Å². The van der Waals surface area contributed by atoms with Crippen molar-refractivity contribution in [2.45, 2.75) is 32.1 Å². The molecule has 2 heteroatoms. The minimum atomic E-state index is -3.96. The van der Waals surface area contributed by atoms with Crippen molar-refractivity contribution in [1.29, 1.82) is 0 Å². The zero-order valence-corrected chi connectivity index (χ0v) is 7.72. The van der Waals surface area contributed by atoms with Gasteiger partial charge < -0.3 is 10.3 Å². The Morgan fingerprint density at radius 2 is 2.07 bits per heavy atom. The van der Waals surface area contributed by atoms with Crippen LogP contribution in [0.5, 0.6) is 0 Å². The van der Waals surface area contributed by atoms with Crippen LogP contribution in [0.2, 0.25) is 0 Å². The van der Waals surface area contributed by atoms with Crippen molar-refractivity contribution >= 4 is 0 Å². The van der Waals surface area contributed by atoms with Crippen LogP contribution in [0.15, 0.2) is 42.9 Å². The second-order valence-electron chi connectivity index (χ2n) is 2.76. The molecule has 0 aliphatic carbocycles. The second-order valence-corrected chi connectivity index (χ2v) is 2.76. The third-order valence-electron chi connectivity index (χ3n) is 1.62. The molecule has 0 aliphatic rings. The third kappa shape index (κ3) is 2.91. The highest BCUT2D eigenvalue weighted by Crippen LogP contribution is 2.27. The van der Waals surface area contributed by atoms with Crippen molar-refractivity contribution in [2.75, 3.05) is 0 Å². The van der Waals surface area contributed by atoms with Crippen molar-refractivity contribution in [3.05, 3.63) is 53.6 Å². The predicted molar refractivity (Wildman–Crippen MR) is 64.3 cm³/mol. The van der Waals surface area contributed by atoms with Crippen LogP contribution in [-0.2, 0) is 0 Å². The van der Waals surface area contributed by atoms with E-state index in [1.54, 1.807) is 0 Å². The van der Waals surface area contributed by atoms with Gasteiger partial charge in [-0.15, -0.1) is 6.58 Å². The lowest BCUT2D eigenvalue weighted by Gasteiger charge is -2.46. The first-order valence-electron chi connectivity index (χ1n) is 10.9. The van der Waals surface area contributed by atoms with Crippen molar-refractivity contribution in [1.82, 2.24) is 5.06 Å². The Balaban J connectivity index is 4.02. The molecular formula is C13H18NO-. The van der Waals surface area contributed by atoms with Gasteiger partial charge in [-0.1, -0.05) is 36.3 Å². The highest BCUT2D eigenvalue weighted by Gasteiger charge is 2.19. The fourth-order valence-corrected chi connectivity index (χ4v) is 0.947. The maximum atomic E-state index is 13.2. The van der Waals surface area contributed by atoms with Gasteiger partial charge in [-0.25, -0.2) is 0 Å². The monoisotopic (exact) mass is 218 g/mol. The van der Waals surface area contributed by atoms with Gasteiger partial charge in [-0.05, 0) is 26.1 Å². The Morgan fingerprint density at radius 1 is 1.47 bits per heavy atom. The number of rotatable bonds is 3. The summed E-state index contributed by atoms with van der Waals surface area (Å²) in [5, 5.41) is 12.4. The molecule has 1 aromatic carbocycles. The summed E-state index contributed by atoms with van der Waals surface area (Å²) >= 11 is 0. The second kappa shape index (κ2) is 4.60. The summed E-state index contributed by atoms with van der Waals surface area (Å²) in [6.07, 6.45) is 0.638. The predicted octanol–water partition coefficient (Wildman–Crippen LogP) is 3.51. The number of nitrogens with zero attached hydrogens (tertiary/aromatic N) is 1. The van der Waals surface area contributed by atoms with E-state index in [-0.39, 0.29) is 0 Å². The number of hydrogen-bond acceptors (Lipinski definition) is 2. The Labute approximate surface area is 111 Å². The summed E-state index contributed by atoms with van der Waals surface area (Å²) in [5.74, 6) is 0. The summed E-state index contributed by atoms with van der Waals surface area (Å²) in [5.41, 5.74) is -4.75. The first-order valence-corrected chi connectivity index (χ1v) is 3.94. The van der Waals surface area contributed by atoms with Crippen molar-refractivity contribution in [2.24, 2.45) is 0 Å². The van der Waals surface area contributed by atoms with E-state index in [0.717, 1.165) is 0 Å². The lowest BCUT2D eigenvalue weighted by molar-refractivity contribution is 0.172. The summed E-state index contributed by atoms with van der Waals surface area (Å²) in [4.78, 5) is 0. The van der Waals surface area contributed by atoms with E-state index >= 15 is 0 Å². The molecule has 1 atom stereocenters. The van der Waals surface area contributed by atoms with Crippen molar-refractivity contribution in [3.8, 4) is 0 Å². The number of hydroxylamine groups is 2. The topological polar surface area (TPSA) is 26.3 Å². The maximum absolute atomic E-state index is 13.2. The highest BCUT2D eigenvalue weighted by atomic mass is 16.5. The van der Waals surface area contributed by atoms with Crippen LogP contribution in [0.1, 0.15) is 51.4 Å². The molecule has 0 radical (unpaired) electrons. The minimum Gasteiger partial charge on any atom is -0.784 e. The third-order valence-corrected chi connectivity index (χ3v) is 1.62. The van der Waals surface area contributed by atoms with Gasteiger partial charge in [0.1, 0.15) is 0 Å². The SMILES string of the molecule is [2H]c1c([2H])c([2H])c(C(C=C)N([O-])C(C([2H])([2H])[2H])(C([2H])([2H])[2H])C([2H])([2H])[2H])c([2H])c1[2H]. The molecule has 1 rings (SSSR count). The standard InChI is InChI=1S/C13H18NO/c1-5-12(14(15)13(2,3)4)11-9-7-6-8-10-11/h5-10,12H,1H2,2-4H3/q-1/i2D3,3D3,4D3,6D,7D,8D,9D,10D. The summed E-state index contributed by atoms with van der Waals surface area (Å²) in [7, 11) is 0. The van der Waals surface area contributed by atoms with Gasteiger partial charge in [0.05, 0.1) is 6.85 Å². The molecule has 0 heterocycles. The Morgan fingerprint density at radius 3 is 2.53 bits per heavy atom. The van der Waals surface area contributed by atoms with Crippen molar-refractivity contribution in [3.63, 3.8) is 0 Å². The van der Waals surface area contributed by atoms with E-state index in [1.165, 1.54) is 0 Å². The van der Waals surface area contributed by atoms with Gasteiger partial charge >= 0.3 is 0 Å². The van der Waals surface area contributed by atoms with Gasteiger partial charge in [0.15, 0.2) is 0 Å². The normalized spacial score (nSPS) is 30.0. The molecule has 0 N–H and O–H groups in total. The van der Waals surface area contributed by atoms with E-state index in [1.807, 2.05) is 0 Å². The summed E-state index contributed by atoms with van der Waals surface area (Å²) in [6.45, 7) is -8.37. The lowest BCUT2D eigenvalue weighted by atomic mass is 10.0. The summed E-state index contributed by atoms with van der Waals surface area (Å²) < 4.78 is 107. The van der Waals surface area contributed by atoms with Crippen LogP contribution in [-0.4, -0.2) is 10.6 Å². The van der Waals surface area contributed by atoms with E-state index in [2.05, 4.69) is 6.58 Å². The molecule has 0 saturated carbocycles. The maximum Gasteiger partial charge on any atom is 0.0626 e. The van der Waals surface area contributed by atoms with Crippen LogP contribution in [0.25, 0.3) is 0 Å². The lowest BCUT2D eigenvalue weighted by Crippen LogP contribution is -2.38. The van der Waals surface area contributed by atoms with Crippen LogP contribution in [0.4, 0.5) is 0 Å². The fourth-order valence-electron chi connectivity index (χ4n) is 0.947. The van der Waals surface area contributed by atoms with E-state index in [4.69, 9.17) is 19.2 Å². The fraction of sp³-hybridized carbons (Fsp3) is 0.385. The molecule has 0 amide bonds. The number of hydrogen-bond donors (Lipinski definition) is 0. The smallest absolute Gasteiger partial charge is 0.0626 e. The average molecular weight is 218 g/mol. The molecule has 0 aromatic heterocycles. The molecule has 0 aliphatic heterocycles. The first-order chi connectivity index (χ1) is 12.8. The number of benzene rings is 1. The van der Waals surface area contributed by atoms with Gasteiger partial charge in [-0.3, -0.25) is 0 Å². The molecule has 82 valence electrons. The molecule has 0 fully saturated rings. The molecule has 15 heavy (non-hydrogen) atoms. The molecule has 1 aromatic rings. The van der Waals surface area contributed by atoms with Crippen LogP contribution in [0, 0.1) is 5.21 Å². The zero-order chi connectivity index (χ0) is 23.3. The molecule has 1 unspecified atom stereocenters. The summed E-state index contributed by atoms with van der Waals surface area (Å²) in [6, 6.07) is -6.57. The van der Waals surface area contributed by atoms with Gasteiger partial charge in [-0.2, -0.15) is 0 Å². The van der Waals surface area contributed by atoms with E-state index in [9.17, 15) is 5.21 Å². The molecule has 0 saturated heterocycles. The van der Waals surface area contributed by atoms with E-state index < -0.39 is 73.0 Å². The minimum absolute atomic E-state index is 0.638. The Hall–Kier alpha value is -1.12. The largest absolute Gasteiger partial charge is 0.784 e. The quantitative estimate of drug-likeness (QED) is 0.573. The molecule has 0 spiro atoms. The van der Waals surface area contributed by atoms with Crippen LogP contribution >= 0.6 is 0 Å². The zero-order valence-electron chi connectivity index (χ0n) is 21.7. The van der Waals surface area contributed by atoms with Gasteiger partial charge in [0.2, 0.25) is 0 Å². The molecular weight excluding hydrogens is 186 g/mol. The molecule has 2 nitrogen and oxygen atoms in total. The van der Waals surface area contributed by atoms with Gasteiger partial charge in [0.25, 0.3) is 0 Å². The Bertz CT molecular complexity index is 728. The Kier molecular flexibility index (Phi) is 0.908.